The summed E-state index contributed by atoms with van der Waals surface area (Å²) >= 11 is 0. The number of carbonyl (C=O) groups excluding carboxylic acids is 2. The van der Waals surface area contributed by atoms with Crippen LogP contribution in [0.15, 0.2) is 29.2 Å². The largest absolute Gasteiger partial charge is 0.346 e. The highest BCUT2D eigenvalue weighted by Crippen LogP contribution is 2.26. The van der Waals surface area contributed by atoms with Crippen molar-refractivity contribution in [2.75, 3.05) is 6.26 Å². The number of alkyl halides is 3. The molecule has 0 heterocycles. The zero-order valence-electron chi connectivity index (χ0n) is 9.64. The van der Waals surface area contributed by atoms with Gasteiger partial charge >= 0.3 is 5.92 Å². The lowest BCUT2D eigenvalue weighted by molar-refractivity contribution is -0.122. The van der Waals surface area contributed by atoms with Crippen LogP contribution >= 0.6 is 0 Å². The van der Waals surface area contributed by atoms with Crippen LogP contribution in [0.3, 0.4) is 0 Å². The maximum absolute atomic E-state index is 13.2. The van der Waals surface area contributed by atoms with E-state index >= 15 is 0 Å². The zero-order chi connectivity index (χ0) is 14.8. The van der Waals surface area contributed by atoms with Gasteiger partial charge in [-0.1, -0.05) is 0 Å². The number of hydrogen-bond donors (Lipinski definition) is 0. The molecular weight excluding hydrogens is 285 g/mol. The number of aldehydes is 1. The van der Waals surface area contributed by atoms with Crippen molar-refractivity contribution in [1.29, 1.82) is 0 Å². The highest BCUT2D eigenvalue weighted by molar-refractivity contribution is 7.90. The average Bonchev–Trinajstić information content (AvgIpc) is 2.35. The molecule has 104 valence electrons. The molecule has 0 saturated carbocycles. The van der Waals surface area contributed by atoms with Gasteiger partial charge in [-0.25, -0.2) is 12.8 Å². The Morgan fingerprint density at radius 3 is 2.11 bits per heavy atom. The second kappa shape index (κ2) is 5.12. The SMILES string of the molecule is CS(=O)(=O)c1ccc(C(=O)C(F)(F)C(F)C=O)cc1. The smallest absolute Gasteiger partial charge is 0.300 e. The van der Waals surface area contributed by atoms with Crippen LogP contribution in [0.4, 0.5) is 13.2 Å². The van der Waals surface area contributed by atoms with Gasteiger partial charge in [-0.05, 0) is 24.3 Å². The molecule has 0 spiro atoms. The third-order valence-corrected chi connectivity index (χ3v) is 3.44. The standard InChI is InChI=1S/C11H9F3O4S/c1-19(17,18)8-4-2-7(3-5-8)10(16)11(13,14)9(12)6-15/h2-6,9H,1H3. The average molecular weight is 294 g/mol. The molecule has 1 aromatic carbocycles. The molecule has 1 atom stereocenters. The Balaban J connectivity index is 3.12. The van der Waals surface area contributed by atoms with Gasteiger partial charge in [0.15, 0.2) is 16.1 Å². The van der Waals surface area contributed by atoms with Crippen LogP contribution in [-0.2, 0) is 14.6 Å². The van der Waals surface area contributed by atoms with Gasteiger partial charge in [0.05, 0.1) is 4.90 Å². The van der Waals surface area contributed by atoms with Crippen LogP contribution in [0, 0.1) is 0 Å². The second-order valence-electron chi connectivity index (χ2n) is 3.79. The minimum absolute atomic E-state index is 0.167. The molecule has 4 nitrogen and oxygen atoms in total. The second-order valence-corrected chi connectivity index (χ2v) is 5.80. The minimum Gasteiger partial charge on any atom is -0.300 e. The van der Waals surface area contributed by atoms with Gasteiger partial charge < -0.3 is 0 Å². The minimum atomic E-state index is -4.48. The number of rotatable bonds is 5. The normalized spacial score (nSPS) is 13.9. The molecule has 0 amide bonds. The summed E-state index contributed by atoms with van der Waals surface area (Å²) < 4.78 is 61.2. The highest BCUT2D eigenvalue weighted by Gasteiger charge is 2.48. The van der Waals surface area contributed by atoms with Crippen molar-refractivity contribution in [2.24, 2.45) is 0 Å². The van der Waals surface area contributed by atoms with Crippen LogP contribution in [0.5, 0.6) is 0 Å². The van der Waals surface area contributed by atoms with Crippen molar-refractivity contribution in [3.63, 3.8) is 0 Å². The molecule has 0 saturated heterocycles. The molecule has 0 radical (unpaired) electrons. The van der Waals surface area contributed by atoms with Gasteiger partial charge in [0.1, 0.15) is 0 Å². The molecule has 0 bridgehead atoms. The van der Waals surface area contributed by atoms with Crippen molar-refractivity contribution in [3.05, 3.63) is 29.8 Å². The van der Waals surface area contributed by atoms with Gasteiger partial charge in [0, 0.05) is 11.8 Å². The molecule has 0 aliphatic rings. The van der Waals surface area contributed by atoms with E-state index < -0.39 is 39.6 Å². The fraction of sp³-hybridized carbons (Fsp3) is 0.273. The monoisotopic (exact) mass is 294 g/mol. The van der Waals surface area contributed by atoms with Crippen molar-refractivity contribution >= 4 is 21.9 Å². The molecule has 0 N–H and O–H groups in total. The molecular formula is C11H9F3O4S. The summed E-state index contributed by atoms with van der Waals surface area (Å²) in [6.45, 7) is 0. The Kier molecular flexibility index (Phi) is 4.14. The van der Waals surface area contributed by atoms with Crippen molar-refractivity contribution in [1.82, 2.24) is 0 Å². The van der Waals surface area contributed by atoms with Gasteiger partial charge in [0.2, 0.25) is 12.0 Å². The van der Waals surface area contributed by atoms with Crippen LogP contribution in [0.2, 0.25) is 0 Å². The van der Waals surface area contributed by atoms with Gasteiger partial charge in [-0.2, -0.15) is 8.78 Å². The molecule has 0 aliphatic carbocycles. The van der Waals surface area contributed by atoms with E-state index in [1.165, 1.54) is 0 Å². The molecule has 1 aromatic rings. The Hall–Kier alpha value is -1.70. The number of carbonyl (C=O) groups is 2. The lowest BCUT2D eigenvalue weighted by Crippen LogP contribution is -2.39. The summed E-state index contributed by atoms with van der Waals surface area (Å²) in [6, 6.07) is 3.58. The summed E-state index contributed by atoms with van der Waals surface area (Å²) in [5.41, 5.74) is -0.582. The lowest BCUT2D eigenvalue weighted by Gasteiger charge is -2.15. The number of ketones is 1. The van der Waals surface area contributed by atoms with Crippen molar-refractivity contribution in [2.45, 2.75) is 17.0 Å². The fourth-order valence-electron chi connectivity index (χ4n) is 1.26. The summed E-state index contributed by atoms with van der Waals surface area (Å²) in [5, 5.41) is 0. The summed E-state index contributed by atoms with van der Waals surface area (Å²) in [5.74, 6) is -6.36. The number of hydrogen-bond acceptors (Lipinski definition) is 4. The maximum atomic E-state index is 13.2. The van der Waals surface area contributed by atoms with E-state index in [1.54, 1.807) is 0 Å². The molecule has 0 aromatic heterocycles. The number of sulfone groups is 1. The number of benzene rings is 1. The third-order valence-electron chi connectivity index (χ3n) is 2.31. The summed E-state index contributed by atoms with van der Waals surface area (Å²) in [7, 11) is -3.53. The van der Waals surface area contributed by atoms with Gasteiger partial charge in [-0.15, -0.1) is 0 Å². The van der Waals surface area contributed by atoms with Crippen LogP contribution in [-0.4, -0.2) is 38.8 Å². The van der Waals surface area contributed by atoms with E-state index in [9.17, 15) is 31.2 Å². The van der Waals surface area contributed by atoms with E-state index in [-0.39, 0.29) is 4.90 Å². The van der Waals surface area contributed by atoms with E-state index in [0.29, 0.717) is 0 Å². The first-order chi connectivity index (χ1) is 8.60. The van der Waals surface area contributed by atoms with Crippen LogP contribution in [0.25, 0.3) is 0 Å². The van der Waals surface area contributed by atoms with Crippen molar-refractivity contribution in [3.8, 4) is 0 Å². The molecule has 8 heteroatoms. The van der Waals surface area contributed by atoms with Crippen molar-refractivity contribution < 1.29 is 31.2 Å². The number of Topliss-reactive ketones (excluding diaryl/α,β-unsaturated/α-hetero) is 1. The maximum Gasteiger partial charge on any atom is 0.346 e. The first-order valence-electron chi connectivity index (χ1n) is 4.93. The molecule has 1 unspecified atom stereocenters. The quantitative estimate of drug-likeness (QED) is 0.609. The molecule has 0 fully saturated rings. The topological polar surface area (TPSA) is 68.3 Å². The van der Waals surface area contributed by atoms with Crippen LogP contribution in [0.1, 0.15) is 10.4 Å². The summed E-state index contributed by atoms with van der Waals surface area (Å²) in [4.78, 5) is 21.1. The lowest BCUT2D eigenvalue weighted by atomic mass is 10.0. The van der Waals surface area contributed by atoms with Crippen LogP contribution < -0.4 is 0 Å². The Morgan fingerprint density at radius 1 is 1.26 bits per heavy atom. The van der Waals surface area contributed by atoms with E-state index in [0.717, 1.165) is 30.5 Å². The Morgan fingerprint density at radius 2 is 1.74 bits per heavy atom. The van der Waals surface area contributed by atoms with Gasteiger partial charge in [0.25, 0.3) is 0 Å². The Bertz CT molecular complexity index is 593. The Labute approximate surface area is 107 Å². The fourth-order valence-corrected chi connectivity index (χ4v) is 1.89. The zero-order valence-corrected chi connectivity index (χ0v) is 10.5. The van der Waals surface area contributed by atoms with Gasteiger partial charge in [-0.3, -0.25) is 9.59 Å². The highest BCUT2D eigenvalue weighted by atomic mass is 32.2. The number of halogens is 3. The summed E-state index contributed by atoms with van der Waals surface area (Å²) in [6.07, 6.45) is -3.00. The predicted octanol–water partition coefficient (Wildman–Crippen LogP) is 1.45. The molecule has 1 rings (SSSR count). The van der Waals surface area contributed by atoms with E-state index in [4.69, 9.17) is 0 Å². The van der Waals surface area contributed by atoms with E-state index in [1.807, 2.05) is 0 Å². The third kappa shape index (κ3) is 3.19. The first-order valence-corrected chi connectivity index (χ1v) is 6.82. The predicted molar refractivity (Wildman–Crippen MR) is 59.8 cm³/mol. The first kappa shape index (κ1) is 15.4. The molecule has 0 aliphatic heterocycles. The van der Waals surface area contributed by atoms with E-state index in [2.05, 4.69) is 0 Å². The molecule has 19 heavy (non-hydrogen) atoms.